The quantitative estimate of drug-likeness (QED) is 0.294. The molecule has 6 rings (SSSR count). The number of hydrogen-bond acceptors (Lipinski definition) is 6. The number of fused-ring (bicyclic) bond motifs is 2. The highest BCUT2D eigenvalue weighted by Crippen LogP contribution is 2.35. The number of benzene rings is 3. The summed E-state index contributed by atoms with van der Waals surface area (Å²) in [4.78, 5) is 20.6. The predicted molar refractivity (Wildman–Crippen MR) is 155 cm³/mol. The summed E-state index contributed by atoms with van der Waals surface area (Å²) < 4.78 is 35.6. The van der Waals surface area contributed by atoms with Gasteiger partial charge in [0.2, 0.25) is 0 Å². The number of sulfonamides is 1. The Hall–Kier alpha value is -3.27. The van der Waals surface area contributed by atoms with Gasteiger partial charge in [0, 0.05) is 18.7 Å². The Kier molecular flexibility index (Phi) is 6.91. The van der Waals surface area contributed by atoms with Crippen molar-refractivity contribution in [3.63, 3.8) is 0 Å². The molecule has 2 aliphatic heterocycles. The molecule has 1 atom stereocenters. The molecule has 1 saturated heterocycles. The van der Waals surface area contributed by atoms with E-state index >= 15 is 0 Å². The van der Waals surface area contributed by atoms with Gasteiger partial charge in [-0.3, -0.25) is 14.0 Å². The number of hydrogen-bond donors (Lipinski definition) is 0. The van der Waals surface area contributed by atoms with Gasteiger partial charge in [0.25, 0.3) is 15.9 Å². The lowest BCUT2D eigenvalue weighted by molar-refractivity contribution is 0.0917. The van der Waals surface area contributed by atoms with Gasteiger partial charge in [-0.2, -0.15) is 0 Å². The van der Waals surface area contributed by atoms with Crippen LogP contribution in [0.4, 0.5) is 10.8 Å². The zero-order chi connectivity index (χ0) is 27.1. The molecule has 0 bridgehead atoms. The third-order valence-electron chi connectivity index (χ3n) is 7.57. The maximum Gasteiger partial charge on any atom is 0.264 e. The highest BCUT2D eigenvalue weighted by Gasteiger charge is 2.31. The van der Waals surface area contributed by atoms with Crippen molar-refractivity contribution in [2.24, 2.45) is 0 Å². The summed E-state index contributed by atoms with van der Waals surface area (Å²) in [5.74, 6) is -0.216. The van der Waals surface area contributed by atoms with E-state index in [1.807, 2.05) is 37.3 Å². The summed E-state index contributed by atoms with van der Waals surface area (Å²) in [6, 6.07) is 18.1. The monoisotopic (exact) mass is 561 g/mol. The fourth-order valence-electron chi connectivity index (χ4n) is 5.40. The third kappa shape index (κ3) is 4.83. The smallest absolute Gasteiger partial charge is 0.264 e. The Morgan fingerprint density at radius 1 is 1.05 bits per heavy atom. The van der Waals surface area contributed by atoms with Crippen molar-refractivity contribution in [1.82, 2.24) is 4.98 Å². The standard InChI is InChI=1S/C30H31N3O4S2/c1-20-11-12-21(2)28-27(20)31-30(38-28)32(19-24-9-6-18-37-24)29(34)23-13-15-25(16-14-23)39(35,36)33-17-5-8-22-7-3-4-10-26(22)33/h3-4,7,10-16,24H,5-6,8-9,17-19H2,1-2H3. The highest BCUT2D eigenvalue weighted by molar-refractivity contribution is 7.92. The van der Waals surface area contributed by atoms with Crippen molar-refractivity contribution in [2.75, 3.05) is 28.9 Å². The molecular formula is C30H31N3O4S2. The molecule has 39 heavy (non-hydrogen) atoms. The number of para-hydroxylation sites is 1. The second-order valence-electron chi connectivity index (χ2n) is 10.3. The lowest BCUT2D eigenvalue weighted by atomic mass is 10.0. The first-order chi connectivity index (χ1) is 18.8. The lowest BCUT2D eigenvalue weighted by Gasteiger charge is -2.30. The molecule has 1 aromatic heterocycles. The molecule has 0 spiro atoms. The Labute approximate surface area is 233 Å². The second-order valence-corrected chi connectivity index (χ2v) is 13.1. The van der Waals surface area contributed by atoms with E-state index in [1.165, 1.54) is 27.8 Å². The molecule has 2 aliphatic rings. The van der Waals surface area contributed by atoms with Crippen LogP contribution in [-0.4, -0.2) is 45.1 Å². The summed E-state index contributed by atoms with van der Waals surface area (Å²) in [7, 11) is -3.76. The molecule has 0 N–H and O–H groups in total. The van der Waals surface area contributed by atoms with Gasteiger partial charge in [-0.15, -0.1) is 0 Å². The van der Waals surface area contributed by atoms with Crippen LogP contribution in [0.2, 0.25) is 0 Å². The van der Waals surface area contributed by atoms with Gasteiger partial charge in [0.1, 0.15) is 0 Å². The summed E-state index contributed by atoms with van der Waals surface area (Å²) in [6.07, 6.45) is 3.44. The number of carbonyl (C=O) groups is 1. The van der Waals surface area contributed by atoms with Gasteiger partial charge in [0.15, 0.2) is 5.13 Å². The summed E-state index contributed by atoms with van der Waals surface area (Å²) in [6.45, 7) is 5.61. The molecule has 1 unspecified atom stereocenters. The van der Waals surface area contributed by atoms with Crippen molar-refractivity contribution >= 4 is 48.3 Å². The normalized spacial score (nSPS) is 17.4. The Morgan fingerprint density at radius 3 is 2.56 bits per heavy atom. The van der Waals surface area contributed by atoms with Crippen molar-refractivity contribution in [2.45, 2.75) is 50.5 Å². The number of aryl methyl sites for hydroxylation is 3. The number of rotatable bonds is 6. The first-order valence-electron chi connectivity index (χ1n) is 13.3. The van der Waals surface area contributed by atoms with E-state index in [0.29, 0.717) is 30.4 Å². The molecule has 1 fully saturated rings. The maximum atomic E-state index is 13.9. The minimum absolute atomic E-state index is 0.0537. The SMILES string of the molecule is Cc1ccc(C)c2sc(N(CC3CCCO3)C(=O)c3ccc(S(=O)(=O)N4CCCc5ccccc54)cc3)nc12. The molecule has 3 aromatic carbocycles. The predicted octanol–water partition coefficient (Wildman–Crippen LogP) is 5.88. The summed E-state index contributed by atoms with van der Waals surface area (Å²) in [5.41, 5.74) is 5.27. The largest absolute Gasteiger partial charge is 0.376 e. The topological polar surface area (TPSA) is 79.8 Å². The van der Waals surface area contributed by atoms with Crippen molar-refractivity contribution in [3.8, 4) is 0 Å². The van der Waals surface area contributed by atoms with Crippen LogP contribution in [0.1, 0.15) is 46.3 Å². The lowest BCUT2D eigenvalue weighted by Crippen LogP contribution is -2.37. The molecule has 4 aromatic rings. The third-order valence-corrected chi connectivity index (χ3v) is 10.6. The first-order valence-corrected chi connectivity index (χ1v) is 15.6. The van der Waals surface area contributed by atoms with E-state index in [9.17, 15) is 13.2 Å². The molecule has 7 nitrogen and oxygen atoms in total. The first kappa shape index (κ1) is 26.0. The number of nitrogens with zero attached hydrogens (tertiary/aromatic N) is 3. The van der Waals surface area contributed by atoms with E-state index in [1.54, 1.807) is 17.0 Å². The molecule has 202 valence electrons. The molecule has 0 radical (unpaired) electrons. The van der Waals surface area contributed by atoms with Gasteiger partial charge >= 0.3 is 0 Å². The van der Waals surface area contributed by atoms with E-state index in [-0.39, 0.29) is 16.9 Å². The Morgan fingerprint density at radius 2 is 1.82 bits per heavy atom. The van der Waals surface area contributed by atoms with Crippen molar-refractivity contribution in [3.05, 3.63) is 82.9 Å². The molecular weight excluding hydrogens is 530 g/mol. The Bertz CT molecular complexity index is 1600. The van der Waals surface area contributed by atoms with Crippen LogP contribution in [-0.2, 0) is 21.2 Å². The van der Waals surface area contributed by atoms with Crippen LogP contribution in [0, 0.1) is 13.8 Å². The maximum absolute atomic E-state index is 13.9. The fourth-order valence-corrected chi connectivity index (χ4v) is 8.07. The van der Waals surface area contributed by atoms with Crippen molar-refractivity contribution < 1.29 is 17.9 Å². The van der Waals surface area contributed by atoms with E-state index in [4.69, 9.17) is 9.72 Å². The summed E-state index contributed by atoms with van der Waals surface area (Å²) >= 11 is 1.51. The molecule has 1 amide bonds. The second kappa shape index (κ2) is 10.4. The number of thiazole rings is 1. The van der Waals surface area contributed by atoms with E-state index < -0.39 is 10.0 Å². The average molecular weight is 562 g/mol. The van der Waals surface area contributed by atoms with E-state index in [2.05, 4.69) is 13.0 Å². The van der Waals surface area contributed by atoms with E-state index in [0.717, 1.165) is 58.3 Å². The molecule has 9 heteroatoms. The number of ether oxygens (including phenoxy) is 1. The minimum atomic E-state index is -3.76. The van der Waals surface area contributed by atoms with Crippen molar-refractivity contribution in [1.29, 1.82) is 0 Å². The van der Waals surface area contributed by atoms with Gasteiger partial charge in [-0.1, -0.05) is 41.7 Å². The van der Waals surface area contributed by atoms with Crippen LogP contribution in [0.3, 0.4) is 0 Å². The van der Waals surface area contributed by atoms with Crippen LogP contribution < -0.4 is 9.21 Å². The number of carbonyl (C=O) groups excluding carboxylic acids is 1. The van der Waals surface area contributed by atoms with Gasteiger partial charge < -0.3 is 4.74 Å². The zero-order valence-electron chi connectivity index (χ0n) is 22.1. The minimum Gasteiger partial charge on any atom is -0.376 e. The van der Waals surface area contributed by atoms with Crippen LogP contribution in [0.5, 0.6) is 0 Å². The molecule has 0 aliphatic carbocycles. The number of anilines is 2. The van der Waals surface area contributed by atoms with Crippen LogP contribution in [0.25, 0.3) is 10.2 Å². The number of amides is 1. The van der Waals surface area contributed by atoms with Gasteiger partial charge in [-0.25, -0.2) is 13.4 Å². The van der Waals surface area contributed by atoms with Gasteiger partial charge in [0.05, 0.1) is 33.4 Å². The zero-order valence-corrected chi connectivity index (χ0v) is 23.7. The van der Waals surface area contributed by atoms with Crippen LogP contribution >= 0.6 is 11.3 Å². The van der Waals surface area contributed by atoms with Gasteiger partial charge in [-0.05, 0) is 86.6 Å². The molecule has 3 heterocycles. The fraction of sp³-hybridized carbons (Fsp3) is 0.333. The molecule has 0 saturated carbocycles. The highest BCUT2D eigenvalue weighted by atomic mass is 32.2. The average Bonchev–Trinajstić information content (AvgIpc) is 3.64. The summed E-state index contributed by atoms with van der Waals surface area (Å²) in [5, 5.41) is 0.629. The van der Waals surface area contributed by atoms with Crippen LogP contribution in [0.15, 0.2) is 65.6 Å². The Balaban J connectivity index is 1.32. The number of aromatic nitrogens is 1.